The van der Waals surface area contributed by atoms with Crippen LogP contribution in [-0.2, 0) is 9.59 Å². The third kappa shape index (κ3) is 2.95. The fourth-order valence-electron chi connectivity index (χ4n) is 1.35. The minimum Gasteiger partial charge on any atom is -0.481 e. The van der Waals surface area contributed by atoms with Gasteiger partial charge in [0.05, 0.1) is 5.92 Å². The molecule has 0 spiro atoms. The second-order valence-corrected chi connectivity index (χ2v) is 3.36. The molecular formula is C12H12O4. The van der Waals surface area contributed by atoms with Crippen molar-refractivity contribution in [3.8, 4) is 0 Å². The third-order valence-electron chi connectivity index (χ3n) is 2.24. The van der Waals surface area contributed by atoms with Crippen molar-refractivity contribution in [1.29, 1.82) is 0 Å². The van der Waals surface area contributed by atoms with E-state index in [-0.39, 0.29) is 0 Å². The van der Waals surface area contributed by atoms with Crippen molar-refractivity contribution in [3.63, 3.8) is 0 Å². The van der Waals surface area contributed by atoms with Crippen molar-refractivity contribution in [2.45, 2.75) is 12.8 Å². The largest absolute Gasteiger partial charge is 0.481 e. The molecule has 0 saturated heterocycles. The average Bonchev–Trinajstić information content (AvgIpc) is 2.25. The van der Waals surface area contributed by atoms with Crippen LogP contribution >= 0.6 is 0 Å². The van der Waals surface area contributed by atoms with Crippen molar-refractivity contribution in [1.82, 2.24) is 0 Å². The van der Waals surface area contributed by atoms with E-state index in [0.29, 0.717) is 11.1 Å². The van der Waals surface area contributed by atoms with E-state index < -0.39 is 17.9 Å². The molecule has 4 heteroatoms. The molecule has 1 aromatic carbocycles. The number of hydrogen-bond donors (Lipinski definition) is 2. The number of rotatable bonds is 4. The van der Waals surface area contributed by atoms with E-state index >= 15 is 0 Å². The lowest BCUT2D eigenvalue weighted by molar-refractivity contribution is -0.138. The fourth-order valence-corrected chi connectivity index (χ4v) is 1.35. The molecule has 84 valence electrons. The lowest BCUT2D eigenvalue weighted by Gasteiger charge is -2.09. The normalized spacial score (nSPS) is 12.6. The van der Waals surface area contributed by atoms with Crippen LogP contribution in [0.15, 0.2) is 30.3 Å². The van der Waals surface area contributed by atoms with Gasteiger partial charge in [-0.1, -0.05) is 24.3 Å². The highest BCUT2D eigenvalue weighted by Crippen LogP contribution is 2.21. The molecule has 0 saturated carbocycles. The van der Waals surface area contributed by atoms with Crippen LogP contribution < -0.4 is 0 Å². The molecule has 0 aliphatic carbocycles. The van der Waals surface area contributed by atoms with Gasteiger partial charge in [0.2, 0.25) is 0 Å². The van der Waals surface area contributed by atoms with E-state index in [9.17, 15) is 9.59 Å². The van der Waals surface area contributed by atoms with Gasteiger partial charge in [0, 0.05) is 6.08 Å². The van der Waals surface area contributed by atoms with Crippen LogP contribution in [0.1, 0.15) is 24.0 Å². The Bertz CT molecular complexity index is 434. The highest BCUT2D eigenvalue weighted by Gasteiger charge is 2.15. The lowest BCUT2D eigenvalue weighted by atomic mass is 9.95. The first-order chi connectivity index (χ1) is 7.52. The first-order valence-electron chi connectivity index (χ1n) is 4.75. The standard InChI is InChI=1S/C12H12O4/c1-8(12(15)16)10-5-3-2-4-9(10)6-7-11(13)14/h2-8H,1H3,(H,13,14)(H,15,16)/b7-6+. The Kier molecular flexibility index (Phi) is 3.83. The van der Waals surface area contributed by atoms with Crippen molar-refractivity contribution in [2.24, 2.45) is 0 Å². The maximum Gasteiger partial charge on any atom is 0.328 e. The second-order valence-electron chi connectivity index (χ2n) is 3.36. The molecule has 0 aliphatic heterocycles. The lowest BCUT2D eigenvalue weighted by Crippen LogP contribution is -2.08. The molecule has 4 nitrogen and oxygen atoms in total. The zero-order valence-electron chi connectivity index (χ0n) is 8.75. The zero-order chi connectivity index (χ0) is 12.1. The quantitative estimate of drug-likeness (QED) is 0.761. The molecule has 16 heavy (non-hydrogen) atoms. The van der Waals surface area contributed by atoms with Gasteiger partial charge in [0.15, 0.2) is 0 Å². The van der Waals surface area contributed by atoms with Gasteiger partial charge in [0.1, 0.15) is 0 Å². The van der Waals surface area contributed by atoms with Crippen molar-refractivity contribution >= 4 is 18.0 Å². The number of aliphatic carboxylic acids is 2. The van der Waals surface area contributed by atoms with Crippen LogP contribution in [0.4, 0.5) is 0 Å². The van der Waals surface area contributed by atoms with Crippen LogP contribution in [0, 0.1) is 0 Å². The van der Waals surface area contributed by atoms with Gasteiger partial charge in [-0.2, -0.15) is 0 Å². The van der Waals surface area contributed by atoms with E-state index in [1.165, 1.54) is 6.08 Å². The molecule has 0 fully saturated rings. The summed E-state index contributed by atoms with van der Waals surface area (Å²) in [6.45, 7) is 1.57. The van der Waals surface area contributed by atoms with Crippen molar-refractivity contribution in [2.75, 3.05) is 0 Å². The summed E-state index contributed by atoms with van der Waals surface area (Å²) in [6.07, 6.45) is 2.39. The van der Waals surface area contributed by atoms with E-state index in [1.54, 1.807) is 31.2 Å². The highest BCUT2D eigenvalue weighted by molar-refractivity contribution is 5.86. The average molecular weight is 220 g/mol. The number of carboxylic acid groups (broad SMARTS) is 2. The first kappa shape index (κ1) is 12.0. The Hall–Kier alpha value is -2.10. The number of carbonyl (C=O) groups is 2. The minimum absolute atomic E-state index is 0.604. The molecular weight excluding hydrogens is 208 g/mol. The second kappa shape index (κ2) is 5.11. The minimum atomic E-state index is -1.06. The Balaban J connectivity index is 3.10. The van der Waals surface area contributed by atoms with Gasteiger partial charge >= 0.3 is 11.9 Å². The van der Waals surface area contributed by atoms with Crippen LogP contribution in [-0.4, -0.2) is 22.2 Å². The molecule has 1 atom stereocenters. The Labute approximate surface area is 92.8 Å². The van der Waals surface area contributed by atoms with Crippen molar-refractivity contribution in [3.05, 3.63) is 41.5 Å². The van der Waals surface area contributed by atoms with Gasteiger partial charge in [-0.15, -0.1) is 0 Å². The smallest absolute Gasteiger partial charge is 0.328 e. The molecule has 0 heterocycles. The number of carboxylic acids is 2. The van der Waals surface area contributed by atoms with Crippen LogP contribution in [0.3, 0.4) is 0 Å². The molecule has 0 amide bonds. The summed E-state index contributed by atoms with van der Waals surface area (Å²) in [6, 6.07) is 6.83. The summed E-state index contributed by atoms with van der Waals surface area (Å²) in [4.78, 5) is 21.2. The van der Waals surface area contributed by atoms with Crippen molar-refractivity contribution < 1.29 is 19.8 Å². The third-order valence-corrected chi connectivity index (χ3v) is 2.24. The topological polar surface area (TPSA) is 74.6 Å². The van der Waals surface area contributed by atoms with Crippen LogP contribution in [0.5, 0.6) is 0 Å². The highest BCUT2D eigenvalue weighted by atomic mass is 16.4. The van der Waals surface area contributed by atoms with Crippen LogP contribution in [0.2, 0.25) is 0 Å². The molecule has 0 radical (unpaired) electrons. The number of benzene rings is 1. The summed E-state index contributed by atoms with van der Waals surface area (Å²) < 4.78 is 0. The molecule has 1 aromatic rings. The molecule has 0 aliphatic rings. The van der Waals surface area contributed by atoms with Crippen LogP contribution in [0.25, 0.3) is 6.08 Å². The number of hydrogen-bond acceptors (Lipinski definition) is 2. The predicted octanol–water partition coefficient (Wildman–Crippen LogP) is 1.97. The van der Waals surface area contributed by atoms with E-state index in [4.69, 9.17) is 10.2 Å². The summed E-state index contributed by atoms with van der Waals surface area (Å²) >= 11 is 0. The SMILES string of the molecule is CC(C(=O)O)c1ccccc1/C=C/C(=O)O. The summed E-state index contributed by atoms with van der Waals surface area (Å²) in [5, 5.41) is 17.4. The van der Waals surface area contributed by atoms with Gasteiger partial charge in [-0.3, -0.25) is 4.79 Å². The van der Waals surface area contributed by atoms with Gasteiger partial charge in [0.25, 0.3) is 0 Å². The molecule has 1 rings (SSSR count). The van der Waals surface area contributed by atoms with Gasteiger partial charge < -0.3 is 10.2 Å². The molecule has 0 bridgehead atoms. The first-order valence-corrected chi connectivity index (χ1v) is 4.75. The zero-order valence-corrected chi connectivity index (χ0v) is 8.75. The summed E-state index contributed by atoms with van der Waals surface area (Å²) in [5.74, 6) is -2.65. The summed E-state index contributed by atoms with van der Waals surface area (Å²) in [5.41, 5.74) is 1.22. The summed E-state index contributed by atoms with van der Waals surface area (Å²) in [7, 11) is 0. The Morgan fingerprint density at radius 3 is 2.44 bits per heavy atom. The Morgan fingerprint density at radius 2 is 1.88 bits per heavy atom. The van der Waals surface area contributed by atoms with E-state index in [1.807, 2.05) is 0 Å². The van der Waals surface area contributed by atoms with E-state index in [0.717, 1.165) is 6.08 Å². The molecule has 1 unspecified atom stereocenters. The fraction of sp³-hybridized carbons (Fsp3) is 0.167. The van der Waals surface area contributed by atoms with E-state index in [2.05, 4.69) is 0 Å². The predicted molar refractivity (Wildman–Crippen MR) is 59.2 cm³/mol. The monoisotopic (exact) mass is 220 g/mol. The Morgan fingerprint density at radius 1 is 1.25 bits per heavy atom. The molecule has 0 aromatic heterocycles. The maximum absolute atomic E-state index is 10.8. The molecule has 2 N–H and O–H groups in total. The maximum atomic E-state index is 10.8. The van der Waals surface area contributed by atoms with Gasteiger partial charge in [-0.05, 0) is 24.1 Å². The van der Waals surface area contributed by atoms with Gasteiger partial charge in [-0.25, -0.2) is 4.79 Å².